The van der Waals surface area contributed by atoms with Gasteiger partial charge in [-0.15, -0.1) is 0 Å². The first-order chi connectivity index (χ1) is 19.2. The number of methoxy groups -OCH3 is 1. The van der Waals surface area contributed by atoms with Gasteiger partial charge in [-0.1, -0.05) is 58.7 Å². The third-order valence-electron chi connectivity index (χ3n) is 6.38. The highest BCUT2D eigenvalue weighted by Gasteiger charge is 2.34. The Balaban J connectivity index is 2.07. The molecule has 220 valence electrons. The van der Waals surface area contributed by atoms with E-state index in [2.05, 4.69) is 21.2 Å². The number of halogens is 1. The summed E-state index contributed by atoms with van der Waals surface area (Å²) in [5.74, 6) is -0.154. The summed E-state index contributed by atoms with van der Waals surface area (Å²) in [5, 5.41) is 2.97. The average Bonchev–Trinajstić information content (AvgIpc) is 2.91. The molecule has 2 amide bonds. The van der Waals surface area contributed by atoms with Crippen LogP contribution in [-0.4, -0.2) is 50.4 Å². The number of aryl methyl sites for hydroxylation is 1. The van der Waals surface area contributed by atoms with Gasteiger partial charge in [0.1, 0.15) is 18.3 Å². The molecule has 0 aliphatic rings. The maximum absolute atomic E-state index is 14.1. The molecule has 0 bridgehead atoms. The number of anilines is 1. The van der Waals surface area contributed by atoms with E-state index in [9.17, 15) is 18.0 Å². The number of rotatable bonds is 11. The molecule has 0 radical (unpaired) electrons. The smallest absolute Gasteiger partial charge is 0.264 e. The molecule has 3 rings (SSSR count). The van der Waals surface area contributed by atoms with Crippen molar-refractivity contribution in [3.63, 3.8) is 0 Å². The van der Waals surface area contributed by atoms with Crippen molar-refractivity contribution >= 4 is 43.5 Å². The SMILES string of the molecule is CC[C@@H](C(=O)NC(C)(C)C)N(Cc1ccc(OC)cc1)C(=O)CN(c1cccc(Br)c1)S(=O)(=O)c1ccc(C)cc1. The average molecular weight is 645 g/mol. The normalized spacial score (nSPS) is 12.4. The van der Waals surface area contributed by atoms with E-state index in [-0.39, 0.29) is 17.3 Å². The zero-order chi connectivity index (χ0) is 30.4. The number of benzene rings is 3. The molecule has 1 N–H and O–H groups in total. The second-order valence-electron chi connectivity index (χ2n) is 10.8. The third kappa shape index (κ3) is 8.56. The first kappa shape index (κ1) is 32.1. The standard InChI is InChI=1S/C31H38BrN3O5S/c1-7-28(30(37)33-31(3,4)5)34(20-23-13-15-26(40-6)16-14-23)29(36)21-35(25-10-8-9-24(32)19-25)41(38,39)27-17-11-22(2)12-18-27/h8-19,28H,7,20-21H2,1-6H3,(H,33,37)/t28-/m0/s1. The highest BCUT2D eigenvalue weighted by atomic mass is 79.9. The topological polar surface area (TPSA) is 96.0 Å². The molecule has 41 heavy (non-hydrogen) atoms. The van der Waals surface area contributed by atoms with Crippen LogP contribution in [0.1, 0.15) is 45.2 Å². The Morgan fingerprint density at radius 3 is 2.17 bits per heavy atom. The number of hydrogen-bond donors (Lipinski definition) is 1. The van der Waals surface area contributed by atoms with E-state index in [0.29, 0.717) is 22.3 Å². The molecular formula is C31H38BrN3O5S. The first-order valence-electron chi connectivity index (χ1n) is 13.3. The highest BCUT2D eigenvalue weighted by molar-refractivity contribution is 9.10. The lowest BCUT2D eigenvalue weighted by atomic mass is 10.1. The van der Waals surface area contributed by atoms with E-state index < -0.39 is 34.1 Å². The van der Waals surface area contributed by atoms with Crippen LogP contribution in [0.25, 0.3) is 0 Å². The van der Waals surface area contributed by atoms with Gasteiger partial charge >= 0.3 is 0 Å². The summed E-state index contributed by atoms with van der Waals surface area (Å²) >= 11 is 3.42. The van der Waals surface area contributed by atoms with Crippen LogP contribution >= 0.6 is 15.9 Å². The van der Waals surface area contributed by atoms with Crippen molar-refractivity contribution in [2.45, 2.75) is 64.1 Å². The Morgan fingerprint density at radius 1 is 1.00 bits per heavy atom. The molecule has 0 saturated heterocycles. The predicted octanol–water partition coefficient (Wildman–Crippen LogP) is 5.68. The minimum Gasteiger partial charge on any atom is -0.497 e. The molecule has 0 unspecified atom stereocenters. The van der Waals surface area contributed by atoms with Crippen molar-refractivity contribution < 1.29 is 22.7 Å². The summed E-state index contributed by atoms with van der Waals surface area (Å²) in [5.41, 5.74) is 1.49. The lowest BCUT2D eigenvalue weighted by Gasteiger charge is -2.34. The van der Waals surface area contributed by atoms with Gasteiger partial charge in [-0.3, -0.25) is 13.9 Å². The molecule has 0 aromatic heterocycles. The van der Waals surface area contributed by atoms with Crippen molar-refractivity contribution in [2.24, 2.45) is 0 Å². The van der Waals surface area contributed by atoms with Crippen LogP contribution in [0.15, 0.2) is 82.2 Å². The van der Waals surface area contributed by atoms with Crippen LogP contribution in [0.5, 0.6) is 5.75 Å². The van der Waals surface area contributed by atoms with Crippen LogP contribution in [0.3, 0.4) is 0 Å². The zero-order valence-electron chi connectivity index (χ0n) is 24.3. The minimum atomic E-state index is -4.13. The Labute approximate surface area is 251 Å². The van der Waals surface area contributed by atoms with Gasteiger partial charge in [0.2, 0.25) is 11.8 Å². The molecular weight excluding hydrogens is 606 g/mol. The second kappa shape index (κ2) is 13.5. The molecule has 0 aliphatic carbocycles. The third-order valence-corrected chi connectivity index (χ3v) is 8.66. The van der Waals surface area contributed by atoms with Crippen LogP contribution < -0.4 is 14.4 Å². The number of amides is 2. The van der Waals surface area contributed by atoms with Crippen molar-refractivity contribution in [3.8, 4) is 5.75 Å². The first-order valence-corrected chi connectivity index (χ1v) is 15.6. The molecule has 0 spiro atoms. The van der Waals surface area contributed by atoms with Gasteiger partial charge in [0.05, 0.1) is 17.7 Å². The maximum Gasteiger partial charge on any atom is 0.264 e. The molecule has 10 heteroatoms. The Hall–Kier alpha value is -3.37. The minimum absolute atomic E-state index is 0.0649. The molecule has 0 heterocycles. The number of carbonyl (C=O) groups excluding carboxylic acids is 2. The number of sulfonamides is 1. The molecule has 0 saturated carbocycles. The fourth-order valence-electron chi connectivity index (χ4n) is 4.30. The van der Waals surface area contributed by atoms with Gasteiger partial charge in [0.25, 0.3) is 10.0 Å². The number of ether oxygens (including phenoxy) is 1. The van der Waals surface area contributed by atoms with Crippen LogP contribution in [0, 0.1) is 6.92 Å². The van der Waals surface area contributed by atoms with E-state index in [0.717, 1.165) is 15.4 Å². The molecule has 3 aromatic carbocycles. The highest BCUT2D eigenvalue weighted by Crippen LogP contribution is 2.27. The van der Waals surface area contributed by atoms with E-state index in [1.807, 2.05) is 46.8 Å². The quantitative estimate of drug-likeness (QED) is 0.290. The van der Waals surface area contributed by atoms with Gasteiger partial charge < -0.3 is 15.0 Å². The van der Waals surface area contributed by atoms with Crippen molar-refractivity contribution in [2.75, 3.05) is 18.0 Å². The van der Waals surface area contributed by atoms with E-state index in [4.69, 9.17) is 4.74 Å². The Morgan fingerprint density at radius 2 is 1.63 bits per heavy atom. The van der Waals surface area contributed by atoms with Gasteiger partial charge in [0.15, 0.2) is 0 Å². The molecule has 0 aliphatic heterocycles. The van der Waals surface area contributed by atoms with Gasteiger partial charge in [-0.2, -0.15) is 0 Å². The van der Waals surface area contributed by atoms with Crippen LogP contribution in [0.2, 0.25) is 0 Å². The van der Waals surface area contributed by atoms with Gasteiger partial charge in [-0.05, 0) is 82.1 Å². The van der Waals surface area contributed by atoms with Gasteiger partial charge in [0, 0.05) is 16.6 Å². The fraction of sp³-hybridized carbons (Fsp3) is 0.355. The molecule has 1 atom stereocenters. The molecule has 8 nitrogen and oxygen atoms in total. The number of carbonyl (C=O) groups is 2. The lowest BCUT2D eigenvalue weighted by Crippen LogP contribution is -2.55. The summed E-state index contributed by atoms with van der Waals surface area (Å²) < 4.78 is 34.9. The largest absolute Gasteiger partial charge is 0.497 e. The number of nitrogens with zero attached hydrogens (tertiary/aromatic N) is 2. The van der Waals surface area contributed by atoms with Crippen molar-refractivity contribution in [3.05, 3.63) is 88.4 Å². The summed E-state index contributed by atoms with van der Waals surface area (Å²) in [6.45, 7) is 8.92. The summed E-state index contributed by atoms with van der Waals surface area (Å²) in [4.78, 5) is 29.1. The molecule has 3 aromatic rings. The number of nitrogens with one attached hydrogen (secondary N) is 1. The Bertz CT molecular complexity index is 1450. The van der Waals surface area contributed by atoms with Crippen LogP contribution in [0.4, 0.5) is 5.69 Å². The van der Waals surface area contributed by atoms with Crippen molar-refractivity contribution in [1.82, 2.24) is 10.2 Å². The van der Waals surface area contributed by atoms with Gasteiger partial charge in [-0.25, -0.2) is 8.42 Å². The van der Waals surface area contributed by atoms with Crippen molar-refractivity contribution in [1.29, 1.82) is 0 Å². The monoisotopic (exact) mass is 643 g/mol. The number of hydrogen-bond acceptors (Lipinski definition) is 5. The maximum atomic E-state index is 14.1. The van der Waals surface area contributed by atoms with E-state index in [1.54, 1.807) is 55.6 Å². The summed E-state index contributed by atoms with van der Waals surface area (Å²) in [6.07, 6.45) is 0.339. The fourth-order valence-corrected chi connectivity index (χ4v) is 6.09. The summed E-state index contributed by atoms with van der Waals surface area (Å²) in [6, 6.07) is 19.7. The Kier molecular flexibility index (Phi) is 10.6. The summed E-state index contributed by atoms with van der Waals surface area (Å²) in [7, 11) is -2.56. The lowest BCUT2D eigenvalue weighted by molar-refractivity contribution is -0.141. The predicted molar refractivity (Wildman–Crippen MR) is 165 cm³/mol. The van der Waals surface area contributed by atoms with Crippen LogP contribution in [-0.2, 0) is 26.2 Å². The second-order valence-corrected chi connectivity index (χ2v) is 13.6. The van der Waals surface area contributed by atoms with E-state index in [1.165, 1.54) is 17.0 Å². The molecule has 0 fully saturated rings. The van der Waals surface area contributed by atoms with E-state index >= 15 is 0 Å². The zero-order valence-corrected chi connectivity index (χ0v) is 26.8.